The smallest absolute Gasteiger partial charge is 0.396 e. The van der Waals surface area contributed by atoms with E-state index in [1.54, 1.807) is 0 Å². The third-order valence-electron chi connectivity index (χ3n) is 2.88. The summed E-state index contributed by atoms with van der Waals surface area (Å²) in [7, 11) is 0. The first-order valence-electron chi connectivity index (χ1n) is 5.53. The van der Waals surface area contributed by atoms with Gasteiger partial charge in [-0.25, -0.2) is 4.39 Å². The van der Waals surface area contributed by atoms with E-state index < -0.39 is 17.6 Å². The Kier molecular flexibility index (Phi) is 3.22. The van der Waals surface area contributed by atoms with E-state index in [9.17, 15) is 17.6 Å². The van der Waals surface area contributed by atoms with Crippen LogP contribution in [0.5, 0.6) is 0 Å². The van der Waals surface area contributed by atoms with Crippen molar-refractivity contribution >= 4 is 5.69 Å². The molecule has 0 aliphatic carbocycles. The summed E-state index contributed by atoms with van der Waals surface area (Å²) >= 11 is 0. The minimum Gasteiger partial charge on any atom is -0.396 e. The first-order chi connectivity index (χ1) is 8.82. The Hall–Kier alpha value is -2.04. The summed E-state index contributed by atoms with van der Waals surface area (Å²) in [6.45, 7) is 1.34. The predicted octanol–water partition coefficient (Wildman–Crippen LogP) is 4.40. The molecule has 2 aromatic carbocycles. The van der Waals surface area contributed by atoms with Gasteiger partial charge in [-0.2, -0.15) is 13.2 Å². The molecule has 2 aromatic rings. The molecular formula is C14H11F4N. The number of rotatable bonds is 1. The number of hydrogen-bond acceptors (Lipinski definition) is 1. The van der Waals surface area contributed by atoms with E-state index in [2.05, 4.69) is 0 Å². The zero-order valence-corrected chi connectivity index (χ0v) is 10.1. The van der Waals surface area contributed by atoms with Crippen molar-refractivity contribution in [2.75, 3.05) is 5.73 Å². The molecule has 2 N–H and O–H groups in total. The largest absolute Gasteiger partial charge is 0.417 e. The number of anilines is 1. The maximum atomic E-state index is 13.9. The molecule has 0 aliphatic rings. The molecule has 0 amide bonds. The van der Waals surface area contributed by atoms with Crippen LogP contribution in [0.25, 0.3) is 11.1 Å². The molecule has 5 heteroatoms. The van der Waals surface area contributed by atoms with Crippen LogP contribution in [0.3, 0.4) is 0 Å². The SMILES string of the molecule is Cc1cccc(-c2cccc(N)c2F)c1C(F)(F)F. The lowest BCUT2D eigenvalue weighted by atomic mass is 9.95. The molecule has 0 bridgehead atoms. The van der Waals surface area contributed by atoms with Gasteiger partial charge in [0, 0.05) is 5.56 Å². The molecular weight excluding hydrogens is 258 g/mol. The second-order valence-corrected chi connectivity index (χ2v) is 4.20. The Balaban J connectivity index is 2.77. The molecule has 0 saturated heterocycles. The van der Waals surface area contributed by atoms with Gasteiger partial charge in [0.1, 0.15) is 0 Å². The molecule has 2 rings (SSSR count). The van der Waals surface area contributed by atoms with Crippen molar-refractivity contribution in [2.45, 2.75) is 13.1 Å². The minimum absolute atomic E-state index is 0.0480. The highest BCUT2D eigenvalue weighted by molar-refractivity contribution is 5.73. The van der Waals surface area contributed by atoms with E-state index >= 15 is 0 Å². The van der Waals surface area contributed by atoms with Crippen molar-refractivity contribution in [3.05, 3.63) is 53.3 Å². The van der Waals surface area contributed by atoms with Gasteiger partial charge in [0.2, 0.25) is 0 Å². The van der Waals surface area contributed by atoms with Crippen LogP contribution in [0.4, 0.5) is 23.2 Å². The van der Waals surface area contributed by atoms with Crippen LogP contribution in [0.2, 0.25) is 0 Å². The maximum absolute atomic E-state index is 13.9. The Morgan fingerprint density at radius 2 is 1.53 bits per heavy atom. The van der Waals surface area contributed by atoms with Gasteiger partial charge in [-0.15, -0.1) is 0 Å². The molecule has 0 aliphatic heterocycles. The molecule has 0 spiro atoms. The summed E-state index contributed by atoms with van der Waals surface area (Å²) in [5, 5.41) is 0. The Labute approximate surface area is 107 Å². The average Bonchev–Trinajstić information content (AvgIpc) is 2.30. The molecule has 0 unspecified atom stereocenters. The van der Waals surface area contributed by atoms with Crippen molar-refractivity contribution in [3.8, 4) is 11.1 Å². The molecule has 0 radical (unpaired) electrons. The predicted molar refractivity (Wildman–Crippen MR) is 66.0 cm³/mol. The van der Waals surface area contributed by atoms with Gasteiger partial charge in [-0.3, -0.25) is 0 Å². The summed E-state index contributed by atoms with van der Waals surface area (Å²) in [4.78, 5) is 0. The van der Waals surface area contributed by atoms with Crippen LogP contribution in [-0.4, -0.2) is 0 Å². The lowest BCUT2D eigenvalue weighted by Gasteiger charge is -2.16. The molecule has 0 heterocycles. The fourth-order valence-electron chi connectivity index (χ4n) is 2.03. The molecule has 0 atom stereocenters. The van der Waals surface area contributed by atoms with Crippen molar-refractivity contribution in [3.63, 3.8) is 0 Å². The van der Waals surface area contributed by atoms with Crippen molar-refractivity contribution in [2.24, 2.45) is 0 Å². The maximum Gasteiger partial charge on any atom is 0.417 e. The summed E-state index contributed by atoms with van der Waals surface area (Å²) < 4.78 is 53.1. The second-order valence-electron chi connectivity index (χ2n) is 4.20. The van der Waals surface area contributed by atoms with Gasteiger partial charge in [-0.1, -0.05) is 30.3 Å². The van der Waals surface area contributed by atoms with Gasteiger partial charge in [0.05, 0.1) is 11.3 Å². The number of nitrogen functional groups attached to an aromatic ring is 1. The van der Waals surface area contributed by atoms with Gasteiger partial charge in [0.25, 0.3) is 0 Å². The molecule has 19 heavy (non-hydrogen) atoms. The highest BCUT2D eigenvalue weighted by Gasteiger charge is 2.35. The first-order valence-corrected chi connectivity index (χ1v) is 5.53. The highest BCUT2D eigenvalue weighted by Crippen LogP contribution is 2.40. The fourth-order valence-corrected chi connectivity index (χ4v) is 2.03. The summed E-state index contributed by atoms with van der Waals surface area (Å²) in [5.41, 5.74) is 4.10. The molecule has 100 valence electrons. The van der Waals surface area contributed by atoms with E-state index in [1.165, 1.54) is 43.3 Å². The first kappa shape index (κ1) is 13.4. The number of nitrogens with two attached hydrogens (primary N) is 1. The van der Waals surface area contributed by atoms with Crippen LogP contribution in [0.15, 0.2) is 36.4 Å². The average molecular weight is 269 g/mol. The molecule has 0 saturated carbocycles. The van der Waals surface area contributed by atoms with Gasteiger partial charge < -0.3 is 5.73 Å². The zero-order valence-electron chi connectivity index (χ0n) is 10.1. The third kappa shape index (κ3) is 2.41. The minimum atomic E-state index is -4.54. The lowest BCUT2D eigenvalue weighted by molar-refractivity contribution is -0.137. The Bertz CT molecular complexity index is 617. The monoisotopic (exact) mass is 269 g/mol. The third-order valence-corrected chi connectivity index (χ3v) is 2.88. The van der Waals surface area contributed by atoms with Crippen molar-refractivity contribution < 1.29 is 17.6 Å². The van der Waals surface area contributed by atoms with Crippen molar-refractivity contribution in [1.82, 2.24) is 0 Å². The van der Waals surface area contributed by atoms with E-state index in [-0.39, 0.29) is 22.4 Å². The summed E-state index contributed by atoms with van der Waals surface area (Å²) in [6.07, 6.45) is -4.54. The van der Waals surface area contributed by atoms with Crippen LogP contribution in [-0.2, 0) is 6.18 Å². The van der Waals surface area contributed by atoms with Crippen LogP contribution < -0.4 is 5.73 Å². The number of halogens is 4. The fraction of sp³-hybridized carbons (Fsp3) is 0.143. The quantitative estimate of drug-likeness (QED) is 0.602. The van der Waals surface area contributed by atoms with Crippen LogP contribution >= 0.6 is 0 Å². The molecule has 1 nitrogen and oxygen atoms in total. The number of aryl methyl sites for hydroxylation is 1. The van der Waals surface area contributed by atoms with Gasteiger partial charge in [-0.05, 0) is 24.1 Å². The summed E-state index contributed by atoms with van der Waals surface area (Å²) in [6, 6.07) is 8.07. The van der Waals surface area contributed by atoms with E-state index in [1.807, 2.05) is 0 Å². The van der Waals surface area contributed by atoms with E-state index in [0.717, 1.165) is 0 Å². The topological polar surface area (TPSA) is 26.0 Å². The lowest BCUT2D eigenvalue weighted by Crippen LogP contribution is -2.10. The van der Waals surface area contributed by atoms with Crippen LogP contribution in [0, 0.1) is 12.7 Å². The Morgan fingerprint density at radius 3 is 2.16 bits per heavy atom. The second kappa shape index (κ2) is 4.57. The zero-order chi connectivity index (χ0) is 14.2. The van der Waals surface area contributed by atoms with E-state index in [0.29, 0.717) is 0 Å². The standard InChI is InChI=1S/C14H11F4N/c1-8-4-2-5-9(12(8)14(16,17)18)10-6-3-7-11(19)13(10)15/h2-7H,19H2,1H3. The highest BCUT2D eigenvalue weighted by atomic mass is 19.4. The van der Waals surface area contributed by atoms with Gasteiger partial charge >= 0.3 is 6.18 Å². The number of hydrogen-bond donors (Lipinski definition) is 1. The normalized spacial score (nSPS) is 11.6. The summed E-state index contributed by atoms with van der Waals surface area (Å²) in [5.74, 6) is -0.835. The van der Waals surface area contributed by atoms with Crippen LogP contribution in [0.1, 0.15) is 11.1 Å². The number of benzene rings is 2. The molecule has 0 aromatic heterocycles. The number of alkyl halides is 3. The molecule has 0 fully saturated rings. The van der Waals surface area contributed by atoms with Crippen molar-refractivity contribution in [1.29, 1.82) is 0 Å². The van der Waals surface area contributed by atoms with Gasteiger partial charge in [0.15, 0.2) is 5.82 Å². The van der Waals surface area contributed by atoms with E-state index in [4.69, 9.17) is 5.73 Å². The Morgan fingerprint density at radius 1 is 0.947 bits per heavy atom.